The summed E-state index contributed by atoms with van der Waals surface area (Å²) in [5.74, 6) is 0.00951. The molecule has 1 aromatic heterocycles. The Hall–Kier alpha value is -2.07. The molecule has 0 spiro atoms. The van der Waals surface area contributed by atoms with Crippen LogP contribution in [-0.4, -0.2) is 10.9 Å². The lowest BCUT2D eigenvalue weighted by atomic mass is 9.97. The number of halogens is 1. The van der Waals surface area contributed by atoms with E-state index in [0.717, 1.165) is 5.56 Å². The molecule has 5 heteroatoms. The number of rotatable bonds is 4. The van der Waals surface area contributed by atoms with Gasteiger partial charge in [-0.2, -0.15) is 0 Å². The molecule has 104 valence electrons. The topological polar surface area (TPSA) is 68.0 Å². The third-order valence-electron chi connectivity index (χ3n) is 3.03. The fourth-order valence-corrected chi connectivity index (χ4v) is 2.07. The van der Waals surface area contributed by atoms with E-state index in [-0.39, 0.29) is 11.8 Å². The van der Waals surface area contributed by atoms with Crippen molar-refractivity contribution in [2.45, 2.75) is 19.3 Å². The molecular weight excluding hydrogens is 274 g/mol. The zero-order valence-electron chi connectivity index (χ0n) is 11.1. The molecule has 0 saturated carbocycles. The number of carbonyl (C=O) groups excluding carboxylic acids is 1. The summed E-state index contributed by atoms with van der Waals surface area (Å²) in [6.45, 7) is 2.00. The lowest BCUT2D eigenvalue weighted by Gasteiger charge is -2.12. The Kier molecular flexibility index (Phi) is 4.58. The molecule has 0 fully saturated rings. The molecule has 0 bridgehead atoms. The number of hydrogen-bond acceptors (Lipinski definition) is 3. The highest BCUT2D eigenvalue weighted by Crippen LogP contribution is 2.22. The first-order valence-electron chi connectivity index (χ1n) is 6.32. The van der Waals surface area contributed by atoms with Crippen molar-refractivity contribution in [3.63, 3.8) is 0 Å². The van der Waals surface area contributed by atoms with Gasteiger partial charge in [0.2, 0.25) is 5.91 Å². The molecule has 0 radical (unpaired) electrons. The number of hydrogen-bond donors (Lipinski definition) is 2. The molecule has 0 aliphatic heterocycles. The number of nitrogens with two attached hydrogens (primary N) is 1. The van der Waals surface area contributed by atoms with Crippen LogP contribution in [0.3, 0.4) is 0 Å². The average Bonchev–Trinajstić information content (AvgIpc) is 2.42. The van der Waals surface area contributed by atoms with E-state index >= 15 is 0 Å². The summed E-state index contributed by atoms with van der Waals surface area (Å²) in [5, 5.41) is 3.06. The summed E-state index contributed by atoms with van der Waals surface area (Å²) in [4.78, 5) is 15.9. The Balaban J connectivity index is 1.98. The second-order valence-corrected chi connectivity index (χ2v) is 5.02. The SMILES string of the molecule is CC(CC(=O)Nc1cccnc1Cl)c1ccc(N)cc1. The van der Waals surface area contributed by atoms with Gasteiger partial charge in [0.25, 0.3) is 0 Å². The van der Waals surface area contributed by atoms with Crippen LogP contribution in [0.1, 0.15) is 24.8 Å². The van der Waals surface area contributed by atoms with E-state index in [2.05, 4.69) is 10.3 Å². The van der Waals surface area contributed by atoms with Crippen molar-refractivity contribution >= 4 is 28.9 Å². The van der Waals surface area contributed by atoms with Crippen LogP contribution in [0, 0.1) is 0 Å². The van der Waals surface area contributed by atoms with E-state index in [0.29, 0.717) is 22.9 Å². The van der Waals surface area contributed by atoms with Gasteiger partial charge in [0.15, 0.2) is 5.15 Å². The smallest absolute Gasteiger partial charge is 0.225 e. The van der Waals surface area contributed by atoms with Gasteiger partial charge in [-0.3, -0.25) is 4.79 Å². The largest absolute Gasteiger partial charge is 0.399 e. The van der Waals surface area contributed by atoms with E-state index in [1.807, 2.05) is 31.2 Å². The molecule has 20 heavy (non-hydrogen) atoms. The maximum absolute atomic E-state index is 12.0. The molecule has 0 aliphatic rings. The maximum Gasteiger partial charge on any atom is 0.225 e. The first-order valence-corrected chi connectivity index (χ1v) is 6.70. The van der Waals surface area contributed by atoms with Crippen molar-refractivity contribution in [1.82, 2.24) is 4.98 Å². The second-order valence-electron chi connectivity index (χ2n) is 4.66. The van der Waals surface area contributed by atoms with E-state index in [1.165, 1.54) is 0 Å². The van der Waals surface area contributed by atoms with E-state index in [4.69, 9.17) is 17.3 Å². The Morgan fingerprint density at radius 2 is 2.05 bits per heavy atom. The quantitative estimate of drug-likeness (QED) is 0.669. The molecular formula is C15H16ClN3O. The summed E-state index contributed by atoms with van der Waals surface area (Å²) in [5.41, 5.74) is 7.97. The number of carbonyl (C=O) groups is 1. The van der Waals surface area contributed by atoms with Crippen LogP contribution >= 0.6 is 11.6 Å². The van der Waals surface area contributed by atoms with Crippen molar-refractivity contribution < 1.29 is 4.79 Å². The third kappa shape index (κ3) is 3.71. The van der Waals surface area contributed by atoms with Gasteiger partial charge >= 0.3 is 0 Å². The van der Waals surface area contributed by atoms with Gasteiger partial charge in [0.1, 0.15) is 0 Å². The molecule has 1 atom stereocenters. The third-order valence-corrected chi connectivity index (χ3v) is 3.33. The molecule has 0 aliphatic carbocycles. The fourth-order valence-electron chi connectivity index (χ4n) is 1.90. The van der Waals surface area contributed by atoms with Gasteiger partial charge in [-0.1, -0.05) is 30.7 Å². The summed E-state index contributed by atoms with van der Waals surface area (Å²) in [6.07, 6.45) is 1.95. The molecule has 1 aromatic carbocycles. The van der Waals surface area contributed by atoms with Gasteiger partial charge < -0.3 is 11.1 Å². The maximum atomic E-state index is 12.0. The molecule has 1 heterocycles. The van der Waals surface area contributed by atoms with Gasteiger partial charge in [-0.25, -0.2) is 4.98 Å². The minimum atomic E-state index is -0.0933. The summed E-state index contributed by atoms with van der Waals surface area (Å²) >= 11 is 5.90. The molecule has 2 rings (SSSR count). The Labute approximate surface area is 123 Å². The van der Waals surface area contributed by atoms with Crippen LogP contribution in [0.2, 0.25) is 5.15 Å². The summed E-state index contributed by atoms with van der Waals surface area (Å²) in [7, 11) is 0. The zero-order valence-corrected chi connectivity index (χ0v) is 11.9. The Morgan fingerprint density at radius 1 is 1.35 bits per heavy atom. The highest BCUT2D eigenvalue weighted by molar-refractivity contribution is 6.32. The van der Waals surface area contributed by atoms with Crippen molar-refractivity contribution in [2.24, 2.45) is 0 Å². The van der Waals surface area contributed by atoms with Crippen molar-refractivity contribution in [3.05, 3.63) is 53.3 Å². The van der Waals surface area contributed by atoms with Gasteiger partial charge in [-0.05, 0) is 35.7 Å². The van der Waals surface area contributed by atoms with Crippen molar-refractivity contribution in [3.8, 4) is 0 Å². The number of pyridine rings is 1. The predicted molar refractivity (Wildman–Crippen MR) is 81.8 cm³/mol. The Morgan fingerprint density at radius 3 is 2.70 bits per heavy atom. The number of aromatic nitrogens is 1. The normalized spacial score (nSPS) is 11.9. The summed E-state index contributed by atoms with van der Waals surface area (Å²) < 4.78 is 0. The van der Waals surface area contributed by atoms with E-state index in [1.54, 1.807) is 18.3 Å². The van der Waals surface area contributed by atoms with Crippen LogP contribution in [0.4, 0.5) is 11.4 Å². The van der Waals surface area contributed by atoms with Crippen molar-refractivity contribution in [2.75, 3.05) is 11.1 Å². The van der Waals surface area contributed by atoms with Crippen LogP contribution in [0.5, 0.6) is 0 Å². The van der Waals surface area contributed by atoms with Crippen LogP contribution in [0.25, 0.3) is 0 Å². The lowest BCUT2D eigenvalue weighted by molar-refractivity contribution is -0.116. The van der Waals surface area contributed by atoms with Crippen LogP contribution in [0.15, 0.2) is 42.6 Å². The van der Waals surface area contributed by atoms with Gasteiger partial charge in [-0.15, -0.1) is 0 Å². The number of benzene rings is 1. The first-order chi connectivity index (χ1) is 9.56. The van der Waals surface area contributed by atoms with Crippen LogP contribution < -0.4 is 11.1 Å². The highest BCUT2D eigenvalue weighted by Gasteiger charge is 2.12. The zero-order chi connectivity index (χ0) is 14.5. The van der Waals surface area contributed by atoms with E-state index < -0.39 is 0 Å². The average molecular weight is 290 g/mol. The minimum absolute atomic E-state index is 0.0933. The standard InChI is InChI=1S/C15H16ClN3O/c1-10(11-4-6-12(17)7-5-11)9-14(20)19-13-3-2-8-18-15(13)16/h2-8,10H,9,17H2,1H3,(H,19,20). The molecule has 1 unspecified atom stereocenters. The predicted octanol–water partition coefficient (Wildman–Crippen LogP) is 3.45. The molecule has 0 saturated heterocycles. The first kappa shape index (κ1) is 14.3. The lowest BCUT2D eigenvalue weighted by Crippen LogP contribution is -2.14. The van der Waals surface area contributed by atoms with Crippen molar-refractivity contribution in [1.29, 1.82) is 0 Å². The Bertz CT molecular complexity index is 598. The number of nitrogens with one attached hydrogen (secondary N) is 1. The number of nitrogens with zero attached hydrogens (tertiary/aromatic N) is 1. The second kappa shape index (κ2) is 6.39. The molecule has 3 N–H and O–H groups in total. The summed E-state index contributed by atoms with van der Waals surface area (Å²) in [6, 6.07) is 11.0. The van der Waals surface area contributed by atoms with E-state index in [9.17, 15) is 4.79 Å². The van der Waals surface area contributed by atoms with Gasteiger partial charge in [0.05, 0.1) is 5.69 Å². The number of nitrogen functional groups attached to an aromatic ring is 1. The molecule has 1 amide bonds. The fraction of sp³-hybridized carbons (Fsp3) is 0.200. The molecule has 4 nitrogen and oxygen atoms in total. The van der Waals surface area contributed by atoms with Gasteiger partial charge in [0, 0.05) is 18.3 Å². The van der Waals surface area contributed by atoms with Crippen LogP contribution in [-0.2, 0) is 4.79 Å². The molecule has 2 aromatic rings. The monoisotopic (exact) mass is 289 g/mol. The highest BCUT2D eigenvalue weighted by atomic mass is 35.5. The minimum Gasteiger partial charge on any atom is -0.399 e. The number of amides is 1. The number of anilines is 2.